The van der Waals surface area contributed by atoms with E-state index in [1.807, 2.05) is 25.1 Å². The van der Waals surface area contributed by atoms with Crippen LogP contribution in [-0.2, 0) is 11.3 Å². The van der Waals surface area contributed by atoms with Gasteiger partial charge in [-0.25, -0.2) is 0 Å². The van der Waals surface area contributed by atoms with Crippen molar-refractivity contribution in [1.82, 2.24) is 4.90 Å². The Bertz CT molecular complexity index is 349. The van der Waals surface area contributed by atoms with Crippen LogP contribution in [0.2, 0.25) is 5.02 Å². The average molecular weight is 212 g/mol. The molecule has 0 fully saturated rings. The smallest absolute Gasteiger partial charge is 0.219 e. The van der Waals surface area contributed by atoms with Crippen molar-refractivity contribution in [2.75, 3.05) is 7.05 Å². The fraction of sp³-hybridized carbons (Fsp3) is 0.364. The lowest BCUT2D eigenvalue weighted by Gasteiger charge is -2.15. The van der Waals surface area contributed by atoms with Gasteiger partial charge in [0.25, 0.3) is 0 Å². The van der Waals surface area contributed by atoms with Crippen LogP contribution in [0.3, 0.4) is 0 Å². The Balaban J connectivity index is 2.78. The van der Waals surface area contributed by atoms with Gasteiger partial charge in [0.05, 0.1) is 0 Å². The van der Waals surface area contributed by atoms with E-state index in [1.165, 1.54) is 0 Å². The maximum atomic E-state index is 11.0. The number of halogens is 1. The van der Waals surface area contributed by atoms with E-state index in [2.05, 4.69) is 0 Å². The third-order valence-corrected chi connectivity index (χ3v) is 2.60. The van der Waals surface area contributed by atoms with E-state index in [0.29, 0.717) is 6.54 Å². The van der Waals surface area contributed by atoms with Gasteiger partial charge in [0.1, 0.15) is 0 Å². The molecule has 2 nitrogen and oxygen atoms in total. The maximum Gasteiger partial charge on any atom is 0.219 e. The first-order chi connectivity index (χ1) is 6.50. The van der Waals surface area contributed by atoms with Gasteiger partial charge in [-0.15, -0.1) is 0 Å². The number of rotatable bonds is 2. The number of amides is 1. The summed E-state index contributed by atoms with van der Waals surface area (Å²) in [6.45, 7) is 4.15. The van der Waals surface area contributed by atoms with Crippen LogP contribution in [0.4, 0.5) is 0 Å². The molecule has 0 aromatic heterocycles. The van der Waals surface area contributed by atoms with Crippen LogP contribution in [0.1, 0.15) is 18.1 Å². The summed E-state index contributed by atoms with van der Waals surface area (Å²) in [6.07, 6.45) is 0. The highest BCUT2D eigenvalue weighted by Gasteiger charge is 2.04. The van der Waals surface area contributed by atoms with Crippen molar-refractivity contribution in [3.8, 4) is 0 Å². The third kappa shape index (κ3) is 2.74. The van der Waals surface area contributed by atoms with Gasteiger partial charge in [0.15, 0.2) is 0 Å². The molecular weight excluding hydrogens is 198 g/mol. The molecule has 0 radical (unpaired) electrons. The molecule has 0 bridgehead atoms. The van der Waals surface area contributed by atoms with E-state index in [-0.39, 0.29) is 5.91 Å². The Hall–Kier alpha value is -1.02. The van der Waals surface area contributed by atoms with Crippen LogP contribution in [0, 0.1) is 6.92 Å². The topological polar surface area (TPSA) is 20.3 Å². The second-order valence-corrected chi connectivity index (χ2v) is 3.87. The van der Waals surface area contributed by atoms with Gasteiger partial charge in [-0.2, -0.15) is 0 Å². The lowest BCUT2D eigenvalue weighted by atomic mass is 10.1. The van der Waals surface area contributed by atoms with Gasteiger partial charge in [-0.3, -0.25) is 4.79 Å². The van der Waals surface area contributed by atoms with Crippen LogP contribution < -0.4 is 0 Å². The quantitative estimate of drug-likeness (QED) is 0.737. The molecule has 0 N–H and O–H groups in total. The fourth-order valence-electron chi connectivity index (χ4n) is 1.19. The minimum Gasteiger partial charge on any atom is -0.342 e. The van der Waals surface area contributed by atoms with Gasteiger partial charge >= 0.3 is 0 Å². The molecule has 14 heavy (non-hydrogen) atoms. The van der Waals surface area contributed by atoms with Gasteiger partial charge < -0.3 is 4.90 Å². The Morgan fingerprint density at radius 3 is 2.64 bits per heavy atom. The summed E-state index contributed by atoms with van der Waals surface area (Å²) in [6, 6.07) is 5.80. The first-order valence-corrected chi connectivity index (χ1v) is 4.85. The summed E-state index contributed by atoms with van der Waals surface area (Å²) in [5.74, 6) is 0.0672. The Morgan fingerprint density at radius 2 is 2.14 bits per heavy atom. The van der Waals surface area contributed by atoms with Gasteiger partial charge in [-0.1, -0.05) is 23.7 Å². The predicted octanol–water partition coefficient (Wildman–Crippen LogP) is 2.63. The van der Waals surface area contributed by atoms with E-state index < -0.39 is 0 Å². The monoisotopic (exact) mass is 211 g/mol. The highest BCUT2D eigenvalue weighted by molar-refractivity contribution is 6.31. The van der Waals surface area contributed by atoms with E-state index in [1.54, 1.807) is 18.9 Å². The second kappa shape index (κ2) is 4.47. The first-order valence-electron chi connectivity index (χ1n) is 4.47. The fourth-order valence-corrected chi connectivity index (χ4v) is 1.31. The number of nitrogens with zero attached hydrogens (tertiary/aromatic N) is 1. The van der Waals surface area contributed by atoms with Crippen molar-refractivity contribution in [2.45, 2.75) is 20.4 Å². The summed E-state index contributed by atoms with van der Waals surface area (Å²) in [5.41, 5.74) is 2.14. The lowest BCUT2D eigenvalue weighted by molar-refractivity contribution is -0.128. The zero-order valence-corrected chi connectivity index (χ0v) is 9.43. The molecule has 76 valence electrons. The number of aryl methyl sites for hydroxylation is 1. The standard InChI is InChI=1S/C11H14ClNO/c1-8-6-10(4-5-11(8)12)7-13(3)9(2)14/h4-6H,7H2,1-3H3. The zero-order chi connectivity index (χ0) is 10.7. The molecule has 0 aliphatic heterocycles. The highest BCUT2D eigenvalue weighted by atomic mass is 35.5. The van der Waals surface area contributed by atoms with Crippen LogP contribution in [0.15, 0.2) is 18.2 Å². The van der Waals surface area contributed by atoms with Crippen molar-refractivity contribution in [1.29, 1.82) is 0 Å². The summed E-state index contributed by atoms with van der Waals surface area (Å²) in [5, 5.41) is 0.763. The molecule has 1 aromatic carbocycles. The first kappa shape index (κ1) is 11.1. The lowest BCUT2D eigenvalue weighted by Crippen LogP contribution is -2.22. The van der Waals surface area contributed by atoms with E-state index >= 15 is 0 Å². The van der Waals surface area contributed by atoms with Gasteiger partial charge in [0, 0.05) is 25.5 Å². The molecule has 1 aromatic rings. The summed E-state index contributed by atoms with van der Waals surface area (Å²) >= 11 is 5.90. The second-order valence-electron chi connectivity index (χ2n) is 3.46. The molecule has 0 heterocycles. The average Bonchev–Trinajstić information content (AvgIpc) is 2.11. The number of benzene rings is 1. The zero-order valence-electron chi connectivity index (χ0n) is 8.67. The molecule has 0 aliphatic rings. The molecular formula is C11H14ClNO. The van der Waals surface area contributed by atoms with Crippen LogP contribution in [0.25, 0.3) is 0 Å². The van der Waals surface area contributed by atoms with Crippen molar-refractivity contribution in [2.24, 2.45) is 0 Å². The van der Waals surface area contributed by atoms with Crippen molar-refractivity contribution in [3.63, 3.8) is 0 Å². The van der Waals surface area contributed by atoms with Crippen molar-refractivity contribution >= 4 is 17.5 Å². The Kier molecular flexibility index (Phi) is 3.53. The SMILES string of the molecule is CC(=O)N(C)Cc1ccc(Cl)c(C)c1. The summed E-state index contributed by atoms with van der Waals surface area (Å²) in [4.78, 5) is 12.7. The van der Waals surface area contributed by atoms with E-state index in [4.69, 9.17) is 11.6 Å². The van der Waals surface area contributed by atoms with Crippen LogP contribution in [-0.4, -0.2) is 17.9 Å². The van der Waals surface area contributed by atoms with E-state index in [0.717, 1.165) is 16.1 Å². The van der Waals surface area contributed by atoms with Gasteiger partial charge in [-0.05, 0) is 24.1 Å². The van der Waals surface area contributed by atoms with Crippen LogP contribution in [0.5, 0.6) is 0 Å². The van der Waals surface area contributed by atoms with Crippen molar-refractivity contribution in [3.05, 3.63) is 34.3 Å². The van der Waals surface area contributed by atoms with Crippen LogP contribution >= 0.6 is 11.6 Å². The Labute approximate surface area is 89.5 Å². The Morgan fingerprint density at radius 1 is 1.50 bits per heavy atom. The molecule has 0 saturated carbocycles. The number of carbonyl (C=O) groups excluding carboxylic acids is 1. The molecule has 0 unspecified atom stereocenters. The van der Waals surface area contributed by atoms with Gasteiger partial charge in [0.2, 0.25) is 5.91 Å². The molecule has 0 spiro atoms. The van der Waals surface area contributed by atoms with E-state index in [9.17, 15) is 4.79 Å². The molecule has 3 heteroatoms. The third-order valence-electron chi connectivity index (χ3n) is 2.18. The molecule has 1 rings (SSSR count). The normalized spacial score (nSPS) is 10.0. The molecule has 0 atom stereocenters. The highest BCUT2D eigenvalue weighted by Crippen LogP contribution is 2.17. The minimum atomic E-state index is 0.0672. The molecule has 0 aliphatic carbocycles. The summed E-state index contributed by atoms with van der Waals surface area (Å²) < 4.78 is 0. The largest absolute Gasteiger partial charge is 0.342 e. The minimum absolute atomic E-state index is 0.0672. The summed E-state index contributed by atoms with van der Waals surface area (Å²) in [7, 11) is 1.78. The molecule has 1 amide bonds. The van der Waals surface area contributed by atoms with Crippen molar-refractivity contribution < 1.29 is 4.79 Å². The maximum absolute atomic E-state index is 11.0. The predicted molar refractivity (Wildman–Crippen MR) is 58.3 cm³/mol. The molecule has 0 saturated heterocycles. The number of hydrogen-bond acceptors (Lipinski definition) is 1. The number of hydrogen-bond donors (Lipinski definition) is 0. The number of carbonyl (C=O) groups is 1.